The molecule has 12 heteroatoms. The lowest BCUT2D eigenvalue weighted by molar-refractivity contribution is -0.384. The van der Waals surface area contributed by atoms with Crippen LogP contribution in [0.25, 0.3) is 11.3 Å². The van der Waals surface area contributed by atoms with Crippen molar-refractivity contribution in [2.45, 2.75) is 29.9 Å². The quantitative estimate of drug-likeness (QED) is 0.207. The molecule has 2 amide bonds. The third kappa shape index (κ3) is 7.12. The standard InChI is InChI=1S/C22H20N4O6S2/c1-13(34-17-7-5-15(6-8-17)23-19(27)9-10-20(28)29)21(30)25-22-24-18(12-33-22)14-3-2-4-16(11-14)26(31)32/h2-8,11-13H,9-10H2,1H3,(H,23,27)(H,28,29)(H,24,25,30). The predicted octanol–water partition coefficient (Wildman–Crippen LogP) is 4.64. The minimum absolute atomic E-state index is 0.0352. The van der Waals surface area contributed by atoms with Gasteiger partial charge in [-0.2, -0.15) is 0 Å². The third-order valence-electron chi connectivity index (χ3n) is 4.47. The Labute approximate surface area is 202 Å². The Balaban J connectivity index is 1.54. The molecule has 0 saturated carbocycles. The molecule has 0 aliphatic carbocycles. The van der Waals surface area contributed by atoms with Crippen LogP contribution >= 0.6 is 23.1 Å². The van der Waals surface area contributed by atoms with Crippen LogP contribution in [0.2, 0.25) is 0 Å². The van der Waals surface area contributed by atoms with E-state index in [2.05, 4.69) is 15.6 Å². The average molecular weight is 501 g/mol. The predicted molar refractivity (Wildman–Crippen MR) is 130 cm³/mol. The van der Waals surface area contributed by atoms with Crippen LogP contribution < -0.4 is 10.6 Å². The van der Waals surface area contributed by atoms with E-state index in [1.54, 1.807) is 48.7 Å². The van der Waals surface area contributed by atoms with Gasteiger partial charge in [-0.3, -0.25) is 24.5 Å². The number of nitro benzene ring substituents is 1. The highest BCUT2D eigenvalue weighted by Crippen LogP contribution is 2.29. The number of thioether (sulfide) groups is 1. The van der Waals surface area contributed by atoms with Crippen LogP contribution in [0.3, 0.4) is 0 Å². The molecule has 2 aromatic carbocycles. The van der Waals surface area contributed by atoms with Gasteiger partial charge in [-0.1, -0.05) is 12.1 Å². The van der Waals surface area contributed by atoms with Crippen molar-refractivity contribution in [3.05, 3.63) is 64.0 Å². The van der Waals surface area contributed by atoms with Crippen molar-refractivity contribution in [1.29, 1.82) is 0 Å². The summed E-state index contributed by atoms with van der Waals surface area (Å²) in [5, 5.41) is 26.6. The Bertz CT molecular complexity index is 1210. The molecule has 0 saturated heterocycles. The number of amides is 2. The number of aliphatic carboxylic acids is 1. The summed E-state index contributed by atoms with van der Waals surface area (Å²) in [6.07, 6.45) is -0.346. The number of carboxylic acids is 1. The van der Waals surface area contributed by atoms with E-state index < -0.39 is 16.1 Å². The molecule has 0 radical (unpaired) electrons. The number of hydrogen-bond acceptors (Lipinski definition) is 8. The number of carbonyl (C=O) groups excluding carboxylic acids is 2. The zero-order valence-electron chi connectivity index (χ0n) is 17.9. The van der Waals surface area contributed by atoms with Gasteiger partial charge in [-0.25, -0.2) is 4.98 Å². The van der Waals surface area contributed by atoms with Crippen molar-refractivity contribution >= 4 is 57.4 Å². The van der Waals surface area contributed by atoms with E-state index in [-0.39, 0.29) is 30.3 Å². The second-order valence-corrected chi connectivity index (χ2v) is 9.33. The fraction of sp³-hybridized carbons (Fsp3) is 0.182. The normalized spacial score (nSPS) is 11.4. The summed E-state index contributed by atoms with van der Waals surface area (Å²) in [5.41, 5.74) is 1.62. The van der Waals surface area contributed by atoms with Gasteiger partial charge in [0.2, 0.25) is 11.8 Å². The van der Waals surface area contributed by atoms with E-state index in [4.69, 9.17) is 5.11 Å². The molecular weight excluding hydrogens is 480 g/mol. The Morgan fingerprint density at radius 1 is 1.15 bits per heavy atom. The maximum absolute atomic E-state index is 12.6. The number of nitro groups is 1. The molecule has 0 aliphatic rings. The smallest absolute Gasteiger partial charge is 0.303 e. The number of rotatable bonds is 10. The van der Waals surface area contributed by atoms with E-state index in [9.17, 15) is 24.5 Å². The number of benzene rings is 2. The molecule has 0 fully saturated rings. The SMILES string of the molecule is CC(Sc1ccc(NC(=O)CCC(=O)O)cc1)C(=O)Nc1nc(-c2cccc([N+](=O)[O-])c2)cs1. The molecular formula is C22H20N4O6S2. The highest BCUT2D eigenvalue weighted by molar-refractivity contribution is 8.00. The Morgan fingerprint density at radius 2 is 1.88 bits per heavy atom. The van der Waals surface area contributed by atoms with Gasteiger partial charge in [0.1, 0.15) is 0 Å². The van der Waals surface area contributed by atoms with Gasteiger partial charge in [-0.05, 0) is 31.2 Å². The van der Waals surface area contributed by atoms with Crippen LogP contribution in [0.15, 0.2) is 58.8 Å². The molecule has 0 bridgehead atoms. The largest absolute Gasteiger partial charge is 0.481 e. The van der Waals surface area contributed by atoms with Gasteiger partial charge in [-0.15, -0.1) is 23.1 Å². The second kappa shape index (κ2) is 11.4. The van der Waals surface area contributed by atoms with Crippen LogP contribution in [0.1, 0.15) is 19.8 Å². The highest BCUT2D eigenvalue weighted by atomic mass is 32.2. The molecule has 34 heavy (non-hydrogen) atoms. The molecule has 3 N–H and O–H groups in total. The minimum Gasteiger partial charge on any atom is -0.481 e. The Kier molecular flexibility index (Phi) is 8.33. The van der Waals surface area contributed by atoms with E-state index in [0.717, 1.165) is 4.90 Å². The molecule has 1 aromatic heterocycles. The first-order valence-corrected chi connectivity index (χ1v) is 11.8. The van der Waals surface area contributed by atoms with Gasteiger partial charge in [0.15, 0.2) is 5.13 Å². The minimum atomic E-state index is -1.04. The number of carbonyl (C=O) groups is 3. The lowest BCUT2D eigenvalue weighted by Gasteiger charge is -2.11. The Hall–Kier alpha value is -3.77. The fourth-order valence-electron chi connectivity index (χ4n) is 2.77. The van der Waals surface area contributed by atoms with E-state index in [1.807, 2.05) is 0 Å². The summed E-state index contributed by atoms with van der Waals surface area (Å²) in [4.78, 5) is 50.5. The first kappa shape index (κ1) is 24.9. The van der Waals surface area contributed by atoms with Crippen LogP contribution in [-0.4, -0.2) is 38.0 Å². The van der Waals surface area contributed by atoms with Crippen LogP contribution in [0.4, 0.5) is 16.5 Å². The van der Waals surface area contributed by atoms with Crippen LogP contribution in [0.5, 0.6) is 0 Å². The summed E-state index contributed by atoms with van der Waals surface area (Å²) in [6.45, 7) is 1.75. The van der Waals surface area contributed by atoms with Crippen molar-refractivity contribution in [3.63, 3.8) is 0 Å². The number of hydrogen-bond donors (Lipinski definition) is 3. The van der Waals surface area contributed by atoms with Gasteiger partial charge in [0, 0.05) is 40.1 Å². The van der Waals surface area contributed by atoms with E-state index in [0.29, 0.717) is 22.1 Å². The fourth-order valence-corrected chi connectivity index (χ4v) is 4.36. The Morgan fingerprint density at radius 3 is 2.56 bits per heavy atom. The molecule has 1 unspecified atom stereocenters. The summed E-state index contributed by atoms with van der Waals surface area (Å²) in [7, 11) is 0. The molecule has 1 heterocycles. The number of nitrogens with zero attached hydrogens (tertiary/aromatic N) is 2. The van der Waals surface area contributed by atoms with Crippen molar-refractivity contribution < 1.29 is 24.4 Å². The van der Waals surface area contributed by atoms with Crippen molar-refractivity contribution in [2.24, 2.45) is 0 Å². The number of aromatic nitrogens is 1. The molecule has 10 nitrogen and oxygen atoms in total. The maximum Gasteiger partial charge on any atom is 0.303 e. The number of thiazole rings is 1. The summed E-state index contributed by atoms with van der Waals surface area (Å²) in [5.74, 6) is -1.67. The number of nitrogens with one attached hydrogen (secondary N) is 2. The molecule has 0 aliphatic heterocycles. The van der Waals surface area contributed by atoms with Crippen molar-refractivity contribution in [3.8, 4) is 11.3 Å². The topological polar surface area (TPSA) is 152 Å². The highest BCUT2D eigenvalue weighted by Gasteiger charge is 2.17. The molecule has 3 aromatic rings. The van der Waals surface area contributed by atoms with Crippen molar-refractivity contribution in [2.75, 3.05) is 10.6 Å². The maximum atomic E-state index is 12.6. The molecule has 3 rings (SSSR count). The van der Waals surface area contributed by atoms with E-state index >= 15 is 0 Å². The second-order valence-electron chi connectivity index (χ2n) is 7.06. The number of non-ortho nitro benzene ring substituents is 1. The summed E-state index contributed by atoms with van der Waals surface area (Å²) < 4.78 is 0. The average Bonchev–Trinajstić information content (AvgIpc) is 3.27. The zero-order valence-corrected chi connectivity index (χ0v) is 19.5. The van der Waals surface area contributed by atoms with Crippen LogP contribution in [0, 0.1) is 10.1 Å². The molecule has 0 spiro atoms. The summed E-state index contributed by atoms with van der Waals surface area (Å²) >= 11 is 2.55. The van der Waals surface area contributed by atoms with Gasteiger partial charge in [0.05, 0.1) is 22.3 Å². The number of anilines is 2. The van der Waals surface area contributed by atoms with E-state index in [1.165, 1.54) is 35.2 Å². The number of carboxylic acid groups (broad SMARTS) is 1. The first-order chi connectivity index (χ1) is 16.2. The monoisotopic (exact) mass is 500 g/mol. The molecule has 1 atom stereocenters. The van der Waals surface area contributed by atoms with Gasteiger partial charge in [0.25, 0.3) is 5.69 Å². The van der Waals surface area contributed by atoms with Crippen LogP contribution in [-0.2, 0) is 14.4 Å². The molecule has 176 valence electrons. The van der Waals surface area contributed by atoms with Gasteiger partial charge >= 0.3 is 5.97 Å². The first-order valence-electron chi connectivity index (χ1n) is 10.0. The lowest BCUT2D eigenvalue weighted by atomic mass is 10.1. The zero-order chi connectivity index (χ0) is 24.7. The van der Waals surface area contributed by atoms with Gasteiger partial charge < -0.3 is 15.7 Å². The van der Waals surface area contributed by atoms with Crippen molar-refractivity contribution in [1.82, 2.24) is 4.98 Å². The lowest BCUT2D eigenvalue weighted by Crippen LogP contribution is -2.22. The third-order valence-corrected chi connectivity index (χ3v) is 6.34. The summed E-state index contributed by atoms with van der Waals surface area (Å²) in [6, 6.07) is 13.0.